The summed E-state index contributed by atoms with van der Waals surface area (Å²) in [7, 11) is 0. The highest BCUT2D eigenvalue weighted by molar-refractivity contribution is 6.02. The molecule has 2 unspecified atom stereocenters. The summed E-state index contributed by atoms with van der Waals surface area (Å²) in [5, 5.41) is 9.06. The van der Waals surface area contributed by atoms with E-state index >= 15 is 0 Å². The Hall–Kier alpha value is -3.28. The van der Waals surface area contributed by atoms with E-state index in [9.17, 15) is 0 Å². The number of fused-ring (bicyclic) bond motifs is 3. The van der Waals surface area contributed by atoms with Gasteiger partial charge in [-0.3, -0.25) is 10.9 Å². The second kappa shape index (κ2) is 5.13. The standard InChI is InChI=1S/C18H16N6/c1-3-7-13(8-4-1)15-19-21-17-18-22-20-16(14-9-5-2-6-10-14)24(18)12-11-23(15)17/h1-12,17-18,21-22H. The minimum Gasteiger partial charge on any atom is -0.304 e. The third-order valence-electron chi connectivity index (χ3n) is 4.44. The first-order valence-electron chi connectivity index (χ1n) is 7.94. The van der Waals surface area contributed by atoms with E-state index < -0.39 is 0 Å². The lowest BCUT2D eigenvalue weighted by molar-refractivity contribution is 0.191. The van der Waals surface area contributed by atoms with E-state index in [0.29, 0.717) is 0 Å². The van der Waals surface area contributed by atoms with Crippen molar-refractivity contribution < 1.29 is 0 Å². The molecule has 2 aromatic carbocycles. The lowest BCUT2D eigenvalue weighted by Gasteiger charge is -2.37. The molecule has 0 fully saturated rings. The maximum Gasteiger partial charge on any atom is 0.161 e. The maximum absolute atomic E-state index is 4.53. The molecule has 24 heavy (non-hydrogen) atoms. The summed E-state index contributed by atoms with van der Waals surface area (Å²) in [6, 6.07) is 20.4. The lowest BCUT2D eigenvalue weighted by Crippen LogP contribution is -2.58. The predicted octanol–water partition coefficient (Wildman–Crippen LogP) is 1.66. The van der Waals surface area contributed by atoms with Crippen LogP contribution in [0.3, 0.4) is 0 Å². The number of rotatable bonds is 2. The van der Waals surface area contributed by atoms with Gasteiger partial charge in [-0.15, -0.1) is 0 Å². The average molecular weight is 316 g/mol. The molecule has 6 nitrogen and oxygen atoms in total. The molecule has 0 saturated heterocycles. The number of nitrogens with zero attached hydrogens (tertiary/aromatic N) is 4. The van der Waals surface area contributed by atoms with Crippen LogP contribution >= 0.6 is 0 Å². The molecular weight excluding hydrogens is 300 g/mol. The fraction of sp³-hybridized carbons (Fsp3) is 0.111. The van der Waals surface area contributed by atoms with Crippen molar-refractivity contribution in [3.05, 3.63) is 84.2 Å². The van der Waals surface area contributed by atoms with Crippen molar-refractivity contribution in [2.24, 2.45) is 10.2 Å². The van der Waals surface area contributed by atoms with Gasteiger partial charge in [-0.05, 0) is 0 Å². The van der Waals surface area contributed by atoms with Gasteiger partial charge in [0.2, 0.25) is 0 Å². The number of nitrogens with one attached hydrogen (secondary N) is 2. The minimum absolute atomic E-state index is 0.00447. The van der Waals surface area contributed by atoms with Crippen molar-refractivity contribution in [3.63, 3.8) is 0 Å². The Morgan fingerprint density at radius 3 is 1.46 bits per heavy atom. The van der Waals surface area contributed by atoms with Gasteiger partial charge >= 0.3 is 0 Å². The first-order valence-corrected chi connectivity index (χ1v) is 7.94. The highest BCUT2D eigenvalue weighted by Crippen LogP contribution is 2.26. The molecule has 6 heteroatoms. The molecule has 2 N–H and O–H groups in total. The quantitative estimate of drug-likeness (QED) is 0.885. The van der Waals surface area contributed by atoms with Gasteiger partial charge in [0.05, 0.1) is 0 Å². The monoisotopic (exact) mass is 316 g/mol. The second-order valence-electron chi connectivity index (χ2n) is 5.86. The Balaban J connectivity index is 1.45. The highest BCUT2D eigenvalue weighted by Gasteiger charge is 2.43. The van der Waals surface area contributed by atoms with Crippen LogP contribution in [0.15, 0.2) is 83.3 Å². The van der Waals surface area contributed by atoms with E-state index in [1.807, 2.05) is 36.4 Å². The second-order valence-corrected chi connectivity index (χ2v) is 5.86. The largest absolute Gasteiger partial charge is 0.304 e. The van der Waals surface area contributed by atoms with E-state index in [1.165, 1.54) is 0 Å². The number of amidine groups is 2. The van der Waals surface area contributed by atoms with Gasteiger partial charge < -0.3 is 9.80 Å². The summed E-state index contributed by atoms with van der Waals surface area (Å²) in [4.78, 5) is 4.29. The van der Waals surface area contributed by atoms with Gasteiger partial charge in [0.25, 0.3) is 0 Å². The Kier molecular flexibility index (Phi) is 2.82. The van der Waals surface area contributed by atoms with Gasteiger partial charge in [-0.2, -0.15) is 10.2 Å². The molecule has 0 aliphatic carbocycles. The van der Waals surface area contributed by atoms with Gasteiger partial charge in [0.15, 0.2) is 24.0 Å². The molecule has 3 heterocycles. The third kappa shape index (κ3) is 1.89. The molecule has 3 aliphatic rings. The van der Waals surface area contributed by atoms with Crippen molar-refractivity contribution in [1.82, 2.24) is 20.7 Å². The number of hydrogen-bond acceptors (Lipinski definition) is 6. The van der Waals surface area contributed by atoms with Crippen LogP contribution in [0, 0.1) is 0 Å². The summed E-state index contributed by atoms with van der Waals surface area (Å²) in [5.41, 5.74) is 8.65. The number of benzene rings is 2. The normalized spacial score (nSPS) is 23.8. The Bertz CT molecular complexity index is 771. The summed E-state index contributed by atoms with van der Waals surface area (Å²) < 4.78 is 0. The van der Waals surface area contributed by atoms with E-state index in [0.717, 1.165) is 22.8 Å². The molecule has 118 valence electrons. The average Bonchev–Trinajstić information content (AvgIpc) is 3.27. The van der Waals surface area contributed by atoms with Crippen LogP contribution in [0.25, 0.3) is 0 Å². The van der Waals surface area contributed by atoms with Crippen molar-refractivity contribution >= 4 is 11.7 Å². The smallest absolute Gasteiger partial charge is 0.161 e. The number of hydrogen-bond donors (Lipinski definition) is 2. The Morgan fingerprint density at radius 1 is 0.625 bits per heavy atom. The Morgan fingerprint density at radius 2 is 1.04 bits per heavy atom. The zero-order valence-electron chi connectivity index (χ0n) is 12.9. The van der Waals surface area contributed by atoms with Gasteiger partial charge in [-0.25, -0.2) is 0 Å². The topological polar surface area (TPSA) is 55.3 Å². The molecule has 0 bridgehead atoms. The SMILES string of the molecule is C1=CN2C(c3ccccc3)=NNC2C2NN=C(c3ccccc3)N12. The van der Waals surface area contributed by atoms with Crippen LogP contribution in [0.5, 0.6) is 0 Å². The van der Waals surface area contributed by atoms with E-state index in [1.54, 1.807) is 0 Å². The van der Waals surface area contributed by atoms with Crippen molar-refractivity contribution in [2.45, 2.75) is 12.3 Å². The van der Waals surface area contributed by atoms with Crippen LogP contribution in [0.1, 0.15) is 11.1 Å². The van der Waals surface area contributed by atoms with Gasteiger partial charge in [-0.1, -0.05) is 60.7 Å². The zero-order chi connectivity index (χ0) is 15.9. The van der Waals surface area contributed by atoms with Crippen LogP contribution in [-0.2, 0) is 0 Å². The first-order chi connectivity index (χ1) is 11.9. The first kappa shape index (κ1) is 13.2. The number of hydrazone groups is 2. The molecule has 3 aliphatic heterocycles. The predicted molar refractivity (Wildman–Crippen MR) is 92.6 cm³/mol. The molecular formula is C18H16N6. The van der Waals surface area contributed by atoms with E-state index in [-0.39, 0.29) is 12.3 Å². The molecule has 0 saturated carbocycles. The van der Waals surface area contributed by atoms with Crippen LogP contribution in [-0.4, -0.2) is 33.8 Å². The van der Waals surface area contributed by atoms with Crippen LogP contribution in [0.2, 0.25) is 0 Å². The molecule has 0 spiro atoms. The molecule has 2 aromatic rings. The molecule has 0 aromatic heterocycles. The van der Waals surface area contributed by atoms with Crippen LogP contribution < -0.4 is 10.9 Å². The summed E-state index contributed by atoms with van der Waals surface area (Å²) >= 11 is 0. The van der Waals surface area contributed by atoms with E-state index in [2.05, 4.69) is 67.5 Å². The molecule has 5 rings (SSSR count). The minimum atomic E-state index is -0.00447. The summed E-state index contributed by atoms with van der Waals surface area (Å²) in [5.74, 6) is 1.85. The Labute approximate surface area is 139 Å². The van der Waals surface area contributed by atoms with Gasteiger partial charge in [0.1, 0.15) is 0 Å². The van der Waals surface area contributed by atoms with Crippen molar-refractivity contribution in [2.75, 3.05) is 0 Å². The fourth-order valence-corrected chi connectivity index (χ4v) is 3.28. The van der Waals surface area contributed by atoms with Crippen molar-refractivity contribution in [1.29, 1.82) is 0 Å². The zero-order valence-corrected chi connectivity index (χ0v) is 12.9. The highest BCUT2D eigenvalue weighted by atomic mass is 15.6. The third-order valence-corrected chi connectivity index (χ3v) is 4.44. The molecule has 2 atom stereocenters. The van der Waals surface area contributed by atoms with Gasteiger partial charge in [0, 0.05) is 23.5 Å². The van der Waals surface area contributed by atoms with E-state index in [4.69, 9.17) is 0 Å². The fourth-order valence-electron chi connectivity index (χ4n) is 3.28. The van der Waals surface area contributed by atoms with Crippen LogP contribution in [0.4, 0.5) is 0 Å². The lowest BCUT2D eigenvalue weighted by atomic mass is 10.1. The summed E-state index contributed by atoms with van der Waals surface area (Å²) in [6.07, 6.45) is 4.10. The van der Waals surface area contributed by atoms with Crippen molar-refractivity contribution in [3.8, 4) is 0 Å². The molecule has 0 radical (unpaired) electrons. The summed E-state index contributed by atoms with van der Waals surface area (Å²) in [6.45, 7) is 0. The molecule has 0 amide bonds. The maximum atomic E-state index is 4.53.